The predicted octanol–water partition coefficient (Wildman–Crippen LogP) is 2.71. The molecule has 0 saturated carbocycles. The highest BCUT2D eigenvalue weighted by molar-refractivity contribution is 7.09. The van der Waals surface area contributed by atoms with E-state index < -0.39 is 5.97 Å². The van der Waals surface area contributed by atoms with Crippen LogP contribution in [-0.2, 0) is 11.3 Å². The standard InChI is InChI=1S/C14H22N2O2S/c1-14(2,3)11-4-10(13(17)18)6-16(7-11)8-12-5-15-9-19-12/h5,9-11H,4,6-8H2,1-3H3,(H,17,18)/t10-,11+/m0/s1. The zero-order valence-corrected chi connectivity index (χ0v) is 12.6. The molecule has 0 spiro atoms. The number of hydrogen-bond donors (Lipinski definition) is 1. The summed E-state index contributed by atoms with van der Waals surface area (Å²) in [4.78, 5) is 18.9. The van der Waals surface area contributed by atoms with Crippen molar-refractivity contribution in [2.24, 2.45) is 17.3 Å². The number of carboxylic acid groups (broad SMARTS) is 1. The molecule has 1 saturated heterocycles. The van der Waals surface area contributed by atoms with E-state index in [9.17, 15) is 9.90 Å². The van der Waals surface area contributed by atoms with Crippen LogP contribution < -0.4 is 0 Å². The highest BCUT2D eigenvalue weighted by atomic mass is 32.1. The molecule has 0 bridgehead atoms. The maximum absolute atomic E-state index is 11.3. The fraction of sp³-hybridized carbons (Fsp3) is 0.714. The van der Waals surface area contributed by atoms with Gasteiger partial charge in [0, 0.05) is 30.7 Å². The summed E-state index contributed by atoms with van der Waals surface area (Å²) in [5.74, 6) is -0.482. The van der Waals surface area contributed by atoms with E-state index in [2.05, 4.69) is 30.7 Å². The summed E-state index contributed by atoms with van der Waals surface area (Å²) >= 11 is 1.63. The second kappa shape index (κ2) is 5.59. The number of carboxylic acids is 1. The van der Waals surface area contributed by atoms with E-state index in [1.807, 2.05) is 11.7 Å². The Morgan fingerprint density at radius 2 is 2.26 bits per heavy atom. The van der Waals surface area contributed by atoms with Crippen molar-refractivity contribution < 1.29 is 9.90 Å². The average molecular weight is 282 g/mol. The molecule has 1 N–H and O–H groups in total. The zero-order valence-electron chi connectivity index (χ0n) is 11.8. The summed E-state index contributed by atoms with van der Waals surface area (Å²) in [5.41, 5.74) is 1.98. The van der Waals surface area contributed by atoms with E-state index in [-0.39, 0.29) is 11.3 Å². The van der Waals surface area contributed by atoms with Crippen LogP contribution in [0.3, 0.4) is 0 Å². The highest BCUT2D eigenvalue weighted by Gasteiger charge is 2.37. The van der Waals surface area contributed by atoms with Gasteiger partial charge in [-0.15, -0.1) is 11.3 Å². The number of piperidine rings is 1. The van der Waals surface area contributed by atoms with Crippen molar-refractivity contribution in [2.75, 3.05) is 13.1 Å². The monoisotopic (exact) mass is 282 g/mol. The van der Waals surface area contributed by atoms with Crippen molar-refractivity contribution in [3.05, 3.63) is 16.6 Å². The molecule has 2 atom stereocenters. The summed E-state index contributed by atoms with van der Waals surface area (Å²) in [6.45, 7) is 9.05. The van der Waals surface area contributed by atoms with Gasteiger partial charge in [-0.25, -0.2) is 0 Å². The van der Waals surface area contributed by atoms with Crippen molar-refractivity contribution in [3.8, 4) is 0 Å². The van der Waals surface area contributed by atoms with Crippen molar-refractivity contribution in [2.45, 2.75) is 33.7 Å². The molecular weight excluding hydrogens is 260 g/mol. The third-order valence-corrected chi connectivity index (χ3v) is 4.73. The van der Waals surface area contributed by atoms with Gasteiger partial charge in [0.1, 0.15) is 0 Å². The molecular formula is C14H22N2O2S. The molecule has 0 unspecified atom stereocenters. The molecule has 0 amide bonds. The molecule has 1 aromatic rings. The maximum atomic E-state index is 11.3. The molecule has 0 aliphatic carbocycles. The summed E-state index contributed by atoms with van der Waals surface area (Å²) < 4.78 is 0. The molecule has 1 aromatic heterocycles. The van der Waals surface area contributed by atoms with Crippen LogP contribution in [0.25, 0.3) is 0 Å². The largest absolute Gasteiger partial charge is 0.481 e. The summed E-state index contributed by atoms with van der Waals surface area (Å²) in [6.07, 6.45) is 2.67. The summed E-state index contributed by atoms with van der Waals surface area (Å²) in [6, 6.07) is 0. The van der Waals surface area contributed by atoms with Crippen LogP contribution in [0.5, 0.6) is 0 Å². The lowest BCUT2D eigenvalue weighted by atomic mass is 9.73. The number of hydrogen-bond acceptors (Lipinski definition) is 4. The van der Waals surface area contributed by atoms with Gasteiger partial charge in [-0.05, 0) is 17.8 Å². The number of aromatic nitrogens is 1. The lowest BCUT2D eigenvalue weighted by molar-refractivity contribution is -0.145. The zero-order chi connectivity index (χ0) is 14.0. The van der Waals surface area contributed by atoms with E-state index in [1.165, 1.54) is 4.88 Å². The van der Waals surface area contributed by atoms with Gasteiger partial charge in [0.25, 0.3) is 0 Å². The van der Waals surface area contributed by atoms with Crippen LogP contribution in [0.4, 0.5) is 0 Å². The Kier molecular flexibility index (Phi) is 4.26. The number of likely N-dealkylation sites (tertiary alicyclic amines) is 1. The van der Waals surface area contributed by atoms with Gasteiger partial charge in [0.2, 0.25) is 0 Å². The lowest BCUT2D eigenvalue weighted by Crippen LogP contribution is -2.46. The van der Waals surface area contributed by atoms with Crippen molar-refractivity contribution >= 4 is 17.3 Å². The van der Waals surface area contributed by atoms with Crippen molar-refractivity contribution in [3.63, 3.8) is 0 Å². The number of aliphatic carboxylic acids is 1. The topological polar surface area (TPSA) is 53.4 Å². The van der Waals surface area contributed by atoms with E-state index in [1.54, 1.807) is 11.3 Å². The summed E-state index contributed by atoms with van der Waals surface area (Å²) in [7, 11) is 0. The molecule has 1 fully saturated rings. The number of rotatable bonds is 3. The van der Waals surface area contributed by atoms with E-state index >= 15 is 0 Å². The second-order valence-corrected chi connectivity index (χ2v) is 7.47. The SMILES string of the molecule is CC(C)(C)[C@@H]1C[C@H](C(=O)O)CN(Cc2cncs2)C1. The van der Waals surface area contributed by atoms with Crippen LogP contribution in [0, 0.1) is 17.3 Å². The Morgan fingerprint density at radius 3 is 2.79 bits per heavy atom. The summed E-state index contributed by atoms with van der Waals surface area (Å²) in [5, 5.41) is 9.33. The van der Waals surface area contributed by atoms with Gasteiger partial charge >= 0.3 is 5.97 Å². The second-order valence-electron chi connectivity index (χ2n) is 6.50. The number of carbonyl (C=O) groups is 1. The first-order chi connectivity index (χ1) is 8.86. The smallest absolute Gasteiger partial charge is 0.307 e. The van der Waals surface area contributed by atoms with Crippen LogP contribution in [0.15, 0.2) is 11.7 Å². The van der Waals surface area contributed by atoms with Gasteiger partial charge in [-0.3, -0.25) is 14.7 Å². The lowest BCUT2D eigenvalue weighted by Gasteiger charge is -2.42. The van der Waals surface area contributed by atoms with Crippen LogP contribution in [0.1, 0.15) is 32.1 Å². The quantitative estimate of drug-likeness (QED) is 0.926. The van der Waals surface area contributed by atoms with E-state index in [0.29, 0.717) is 12.5 Å². The van der Waals surface area contributed by atoms with Gasteiger partial charge in [-0.1, -0.05) is 20.8 Å². The molecule has 2 heterocycles. The van der Waals surface area contributed by atoms with Crippen molar-refractivity contribution in [1.29, 1.82) is 0 Å². The average Bonchev–Trinajstić information content (AvgIpc) is 2.80. The normalized spacial score (nSPS) is 25.4. The predicted molar refractivity (Wildman–Crippen MR) is 76.1 cm³/mol. The minimum atomic E-state index is -0.664. The van der Waals surface area contributed by atoms with Gasteiger partial charge in [0.15, 0.2) is 0 Å². The Balaban J connectivity index is 2.08. The van der Waals surface area contributed by atoms with Crippen molar-refractivity contribution in [1.82, 2.24) is 9.88 Å². The van der Waals surface area contributed by atoms with Gasteiger partial charge < -0.3 is 5.11 Å². The molecule has 2 rings (SSSR count). The number of thiazole rings is 1. The van der Waals surface area contributed by atoms with Gasteiger partial charge in [-0.2, -0.15) is 0 Å². The fourth-order valence-electron chi connectivity index (χ4n) is 2.67. The molecule has 106 valence electrons. The highest BCUT2D eigenvalue weighted by Crippen LogP contribution is 2.36. The third kappa shape index (κ3) is 3.76. The molecule has 1 aliphatic rings. The fourth-order valence-corrected chi connectivity index (χ4v) is 3.30. The van der Waals surface area contributed by atoms with E-state index in [4.69, 9.17) is 0 Å². The molecule has 5 heteroatoms. The maximum Gasteiger partial charge on any atom is 0.307 e. The first-order valence-electron chi connectivity index (χ1n) is 6.69. The first-order valence-corrected chi connectivity index (χ1v) is 7.56. The van der Waals surface area contributed by atoms with Crippen LogP contribution >= 0.6 is 11.3 Å². The minimum Gasteiger partial charge on any atom is -0.481 e. The van der Waals surface area contributed by atoms with Gasteiger partial charge in [0.05, 0.1) is 11.4 Å². The van der Waals surface area contributed by atoms with E-state index in [0.717, 1.165) is 19.5 Å². The Hall–Kier alpha value is -0.940. The molecule has 0 radical (unpaired) electrons. The molecule has 19 heavy (non-hydrogen) atoms. The van der Waals surface area contributed by atoms with Crippen LogP contribution in [0.2, 0.25) is 0 Å². The van der Waals surface area contributed by atoms with Crippen LogP contribution in [-0.4, -0.2) is 34.0 Å². The molecule has 4 nitrogen and oxygen atoms in total. The Bertz CT molecular complexity index is 425. The first kappa shape index (κ1) is 14.5. The third-order valence-electron chi connectivity index (χ3n) is 3.96. The Labute approximate surface area is 118 Å². The molecule has 0 aromatic carbocycles. The molecule has 1 aliphatic heterocycles. The number of nitrogens with zero attached hydrogens (tertiary/aromatic N) is 2. The minimum absolute atomic E-state index is 0.153. The Morgan fingerprint density at radius 1 is 1.53 bits per heavy atom.